The smallest absolute Gasteiger partial charge is 0.320 e. The maximum absolute atomic E-state index is 13.4. The number of nitrogens with zero attached hydrogens (tertiary/aromatic N) is 4. The maximum atomic E-state index is 13.4. The molecule has 0 saturated heterocycles. The average Bonchev–Trinajstić information content (AvgIpc) is 3.29. The fraction of sp³-hybridized carbons (Fsp3) is 0.167. The van der Waals surface area contributed by atoms with Crippen molar-refractivity contribution in [3.8, 4) is 5.75 Å². The van der Waals surface area contributed by atoms with Crippen LogP contribution in [0, 0.1) is 0 Å². The number of rotatable bonds is 7. The molecule has 0 spiro atoms. The second kappa shape index (κ2) is 8.15. The van der Waals surface area contributed by atoms with E-state index in [1.807, 2.05) is 0 Å². The number of alkyl halides is 2. The quantitative estimate of drug-likeness (QED) is 0.374. The molecular weight excluding hydrogens is 410 g/mol. The zero-order chi connectivity index (χ0) is 19.5. The van der Waals surface area contributed by atoms with Crippen LogP contribution < -0.4 is 4.74 Å². The molecule has 4 rings (SSSR count). The number of thioether (sulfide) groups is 1. The standard InChI is InChI=1S/C18H13ClF2N4O2S/c19-11-5-1-4-8-14(11)26-9-16-23-24-18(27-16)28-10-15-22-12-6-2-3-7-13(12)25(15)17(20)21/h1-8,17H,9-10H2. The van der Waals surface area contributed by atoms with Crippen LogP contribution >= 0.6 is 23.4 Å². The van der Waals surface area contributed by atoms with Crippen molar-refractivity contribution in [1.82, 2.24) is 19.7 Å². The summed E-state index contributed by atoms with van der Waals surface area (Å²) in [6.45, 7) is -2.64. The minimum Gasteiger partial charge on any atom is -0.482 e. The van der Waals surface area contributed by atoms with Gasteiger partial charge in [0, 0.05) is 0 Å². The molecule has 4 aromatic rings. The molecule has 0 atom stereocenters. The molecule has 0 bridgehead atoms. The normalized spacial score (nSPS) is 11.4. The second-order valence-corrected chi connectivity index (χ2v) is 6.97. The highest BCUT2D eigenvalue weighted by Gasteiger charge is 2.18. The van der Waals surface area contributed by atoms with Crippen molar-refractivity contribution in [3.05, 3.63) is 65.3 Å². The number of halogens is 3. The zero-order valence-electron chi connectivity index (χ0n) is 14.3. The first-order valence-electron chi connectivity index (χ1n) is 8.18. The van der Waals surface area contributed by atoms with Crippen LogP contribution in [0.1, 0.15) is 18.3 Å². The van der Waals surface area contributed by atoms with E-state index in [1.165, 1.54) is 0 Å². The lowest BCUT2D eigenvalue weighted by Gasteiger charge is -2.06. The molecule has 10 heteroatoms. The molecule has 144 valence electrons. The Labute approximate surface area is 167 Å². The SMILES string of the molecule is FC(F)n1c(CSc2nnc(COc3ccccc3Cl)o2)nc2ccccc21. The molecule has 0 aliphatic heterocycles. The zero-order valence-corrected chi connectivity index (χ0v) is 15.8. The van der Waals surface area contributed by atoms with Gasteiger partial charge in [-0.3, -0.25) is 4.57 Å². The number of hydrogen-bond donors (Lipinski definition) is 0. The van der Waals surface area contributed by atoms with E-state index in [0.717, 1.165) is 16.3 Å². The molecule has 0 saturated carbocycles. The number of aromatic nitrogens is 4. The van der Waals surface area contributed by atoms with Gasteiger partial charge in [-0.25, -0.2) is 4.98 Å². The van der Waals surface area contributed by atoms with Crippen molar-refractivity contribution in [2.24, 2.45) is 0 Å². The molecule has 6 nitrogen and oxygen atoms in total. The van der Waals surface area contributed by atoms with Crippen molar-refractivity contribution in [1.29, 1.82) is 0 Å². The molecule has 0 radical (unpaired) electrons. The summed E-state index contributed by atoms with van der Waals surface area (Å²) in [7, 11) is 0. The lowest BCUT2D eigenvalue weighted by atomic mass is 10.3. The van der Waals surface area contributed by atoms with Crippen molar-refractivity contribution in [3.63, 3.8) is 0 Å². The highest BCUT2D eigenvalue weighted by atomic mass is 35.5. The Kier molecular flexibility index (Phi) is 5.45. The van der Waals surface area contributed by atoms with E-state index >= 15 is 0 Å². The van der Waals surface area contributed by atoms with E-state index in [1.54, 1.807) is 48.5 Å². The summed E-state index contributed by atoms with van der Waals surface area (Å²) in [5.74, 6) is 1.15. The average molecular weight is 423 g/mol. The summed E-state index contributed by atoms with van der Waals surface area (Å²) in [4.78, 5) is 4.27. The predicted octanol–water partition coefficient (Wildman–Crippen LogP) is 5.34. The molecule has 2 aromatic heterocycles. The third-order valence-corrected chi connectivity index (χ3v) is 4.95. The molecule has 0 unspecified atom stereocenters. The highest BCUT2D eigenvalue weighted by Crippen LogP contribution is 2.28. The summed E-state index contributed by atoms with van der Waals surface area (Å²) < 4.78 is 38.8. The topological polar surface area (TPSA) is 66.0 Å². The molecule has 0 amide bonds. The minimum absolute atomic E-state index is 0.0485. The van der Waals surface area contributed by atoms with Gasteiger partial charge in [-0.05, 0) is 24.3 Å². The van der Waals surface area contributed by atoms with Gasteiger partial charge in [0.15, 0.2) is 6.61 Å². The number of imidazole rings is 1. The van der Waals surface area contributed by atoms with Crippen LogP contribution in [0.25, 0.3) is 11.0 Å². The van der Waals surface area contributed by atoms with E-state index in [-0.39, 0.29) is 29.3 Å². The lowest BCUT2D eigenvalue weighted by Crippen LogP contribution is -2.03. The van der Waals surface area contributed by atoms with Gasteiger partial charge in [-0.2, -0.15) is 8.78 Å². The van der Waals surface area contributed by atoms with Gasteiger partial charge in [-0.15, -0.1) is 10.2 Å². The predicted molar refractivity (Wildman–Crippen MR) is 101 cm³/mol. The number of hydrogen-bond acceptors (Lipinski definition) is 6. The molecular formula is C18H13ClF2N4O2S. The van der Waals surface area contributed by atoms with Crippen LogP contribution in [-0.2, 0) is 12.4 Å². The Morgan fingerprint density at radius 2 is 1.89 bits per heavy atom. The van der Waals surface area contributed by atoms with Gasteiger partial charge in [0.2, 0.25) is 0 Å². The van der Waals surface area contributed by atoms with Gasteiger partial charge in [0.05, 0.1) is 21.8 Å². The molecule has 28 heavy (non-hydrogen) atoms. The third kappa shape index (κ3) is 3.95. The van der Waals surface area contributed by atoms with Gasteiger partial charge in [0.1, 0.15) is 11.6 Å². The molecule has 0 aliphatic rings. The van der Waals surface area contributed by atoms with Gasteiger partial charge < -0.3 is 9.15 Å². The van der Waals surface area contributed by atoms with Crippen molar-refractivity contribution in [2.45, 2.75) is 24.1 Å². The fourth-order valence-corrected chi connectivity index (χ4v) is 3.50. The Bertz CT molecular complexity index is 1100. The Morgan fingerprint density at radius 1 is 1.11 bits per heavy atom. The number of ether oxygens (including phenoxy) is 1. The molecule has 0 aliphatic carbocycles. The summed E-state index contributed by atoms with van der Waals surface area (Å²) >= 11 is 7.15. The molecule has 0 fully saturated rings. The second-order valence-electron chi connectivity index (χ2n) is 5.63. The van der Waals surface area contributed by atoms with Crippen molar-refractivity contribution >= 4 is 34.4 Å². The van der Waals surface area contributed by atoms with Crippen LogP contribution in [0.5, 0.6) is 5.75 Å². The van der Waals surface area contributed by atoms with Crippen LogP contribution in [0.4, 0.5) is 8.78 Å². The van der Waals surface area contributed by atoms with E-state index in [0.29, 0.717) is 21.8 Å². The Morgan fingerprint density at radius 3 is 2.71 bits per heavy atom. The summed E-state index contributed by atoms with van der Waals surface area (Å²) in [6.07, 6.45) is 0. The van der Waals surface area contributed by atoms with Crippen LogP contribution in [0.2, 0.25) is 5.02 Å². The summed E-state index contributed by atoms with van der Waals surface area (Å²) in [5, 5.41) is 8.51. The van der Waals surface area contributed by atoms with Gasteiger partial charge in [-0.1, -0.05) is 47.6 Å². The molecule has 0 N–H and O–H groups in total. The molecule has 2 heterocycles. The van der Waals surface area contributed by atoms with E-state index in [9.17, 15) is 8.78 Å². The van der Waals surface area contributed by atoms with E-state index in [2.05, 4.69) is 15.2 Å². The molecule has 2 aromatic carbocycles. The Hall–Kier alpha value is -2.65. The number of benzene rings is 2. The first-order valence-corrected chi connectivity index (χ1v) is 9.54. The van der Waals surface area contributed by atoms with Crippen molar-refractivity contribution < 1.29 is 17.9 Å². The monoisotopic (exact) mass is 422 g/mol. The van der Waals surface area contributed by atoms with Crippen LogP contribution in [0.3, 0.4) is 0 Å². The third-order valence-electron chi connectivity index (χ3n) is 3.82. The first kappa shape index (κ1) is 18.7. The largest absolute Gasteiger partial charge is 0.482 e. The van der Waals surface area contributed by atoms with E-state index in [4.69, 9.17) is 20.8 Å². The fourth-order valence-electron chi connectivity index (χ4n) is 2.60. The first-order chi connectivity index (χ1) is 13.6. The highest BCUT2D eigenvalue weighted by molar-refractivity contribution is 7.98. The van der Waals surface area contributed by atoms with Gasteiger partial charge in [0.25, 0.3) is 11.1 Å². The number of para-hydroxylation sites is 3. The van der Waals surface area contributed by atoms with Gasteiger partial charge >= 0.3 is 6.55 Å². The van der Waals surface area contributed by atoms with E-state index < -0.39 is 6.55 Å². The van der Waals surface area contributed by atoms with Crippen LogP contribution in [0.15, 0.2) is 58.2 Å². The Balaban J connectivity index is 1.43. The summed E-state index contributed by atoms with van der Waals surface area (Å²) in [5.41, 5.74) is 0.894. The van der Waals surface area contributed by atoms with Crippen LogP contribution in [-0.4, -0.2) is 19.7 Å². The minimum atomic E-state index is -2.69. The van der Waals surface area contributed by atoms with Crippen molar-refractivity contribution in [2.75, 3.05) is 0 Å². The number of fused-ring (bicyclic) bond motifs is 1. The maximum Gasteiger partial charge on any atom is 0.320 e. The summed E-state index contributed by atoms with van der Waals surface area (Å²) in [6, 6.07) is 13.8. The lowest BCUT2D eigenvalue weighted by molar-refractivity contribution is 0.0722.